The van der Waals surface area contributed by atoms with Crippen molar-refractivity contribution in [2.75, 3.05) is 6.61 Å². The predicted octanol–water partition coefficient (Wildman–Crippen LogP) is 3.49. The van der Waals surface area contributed by atoms with Crippen LogP contribution in [0.1, 0.15) is 26.3 Å². The molecule has 2 amide bonds. The summed E-state index contributed by atoms with van der Waals surface area (Å²) in [6, 6.07) is 14.9. The van der Waals surface area contributed by atoms with Gasteiger partial charge in [-0.3, -0.25) is 20.4 Å². The van der Waals surface area contributed by atoms with Crippen LogP contribution in [0.2, 0.25) is 0 Å². The van der Waals surface area contributed by atoms with E-state index in [1.165, 1.54) is 11.8 Å². The van der Waals surface area contributed by atoms with Crippen molar-refractivity contribution in [2.24, 2.45) is 0 Å². The first kappa shape index (κ1) is 21.6. The third-order valence-electron chi connectivity index (χ3n) is 3.83. The van der Waals surface area contributed by atoms with Gasteiger partial charge >= 0.3 is 0 Å². The number of hydrazine groups is 1. The molecule has 0 saturated heterocycles. The second-order valence-corrected chi connectivity index (χ2v) is 7.63. The van der Waals surface area contributed by atoms with Gasteiger partial charge in [-0.05, 0) is 64.1 Å². The van der Waals surface area contributed by atoms with Gasteiger partial charge in [0.05, 0.1) is 11.9 Å². The van der Waals surface area contributed by atoms with Crippen molar-refractivity contribution >= 4 is 23.6 Å². The topological polar surface area (TPSA) is 76.7 Å². The van der Waals surface area contributed by atoms with Gasteiger partial charge in [-0.1, -0.05) is 17.7 Å². The Morgan fingerprint density at radius 3 is 2.11 bits per heavy atom. The maximum Gasteiger partial charge on any atom is 0.279 e. The molecule has 2 N–H and O–H groups in total. The second kappa shape index (κ2) is 10.6. The average molecular weight is 403 g/mol. The molecule has 2 aromatic carbocycles. The Labute approximate surface area is 170 Å². The molecule has 28 heavy (non-hydrogen) atoms. The van der Waals surface area contributed by atoms with Gasteiger partial charge in [0.25, 0.3) is 11.8 Å². The monoisotopic (exact) mass is 402 g/mol. The number of hydrogen-bond acceptors (Lipinski definition) is 5. The highest BCUT2D eigenvalue weighted by atomic mass is 32.2. The molecule has 6 nitrogen and oxygen atoms in total. The molecule has 0 saturated carbocycles. The Balaban J connectivity index is 1.78. The fourth-order valence-electron chi connectivity index (χ4n) is 2.24. The number of benzene rings is 2. The highest BCUT2D eigenvalue weighted by Crippen LogP contribution is 2.23. The van der Waals surface area contributed by atoms with E-state index in [0.29, 0.717) is 12.4 Å². The largest absolute Gasteiger partial charge is 0.494 e. The summed E-state index contributed by atoms with van der Waals surface area (Å²) in [5, 5.41) is -0.356. The van der Waals surface area contributed by atoms with E-state index < -0.39 is 12.0 Å². The molecule has 2 atom stereocenters. The predicted molar refractivity (Wildman–Crippen MR) is 110 cm³/mol. The van der Waals surface area contributed by atoms with E-state index in [1.54, 1.807) is 38.1 Å². The first-order valence-corrected chi connectivity index (χ1v) is 9.99. The van der Waals surface area contributed by atoms with Gasteiger partial charge in [-0.15, -0.1) is 11.8 Å². The lowest BCUT2D eigenvalue weighted by Crippen LogP contribution is -2.49. The number of nitrogens with one attached hydrogen (secondary N) is 2. The number of thioether (sulfide) groups is 1. The van der Waals surface area contributed by atoms with Crippen LogP contribution in [0.15, 0.2) is 53.4 Å². The quantitative estimate of drug-likeness (QED) is 0.522. The summed E-state index contributed by atoms with van der Waals surface area (Å²) in [6.45, 7) is 7.90. The summed E-state index contributed by atoms with van der Waals surface area (Å²) in [6.07, 6.45) is -0.765. The fraction of sp³-hybridized carbons (Fsp3) is 0.333. The van der Waals surface area contributed by atoms with Gasteiger partial charge in [0.1, 0.15) is 11.5 Å². The Morgan fingerprint density at radius 2 is 1.50 bits per heavy atom. The van der Waals surface area contributed by atoms with E-state index >= 15 is 0 Å². The highest BCUT2D eigenvalue weighted by Gasteiger charge is 2.18. The number of carbonyl (C=O) groups excluding carboxylic acids is 2. The molecule has 0 spiro atoms. The zero-order valence-electron chi connectivity index (χ0n) is 16.5. The van der Waals surface area contributed by atoms with Crippen molar-refractivity contribution in [1.82, 2.24) is 10.9 Å². The van der Waals surface area contributed by atoms with Crippen molar-refractivity contribution in [1.29, 1.82) is 0 Å². The van der Waals surface area contributed by atoms with E-state index in [2.05, 4.69) is 10.9 Å². The van der Waals surface area contributed by atoms with Crippen LogP contribution in [0.25, 0.3) is 0 Å². The summed E-state index contributed by atoms with van der Waals surface area (Å²) in [7, 11) is 0. The minimum absolute atomic E-state index is 0.285. The minimum atomic E-state index is -0.765. The van der Waals surface area contributed by atoms with Crippen LogP contribution in [0.5, 0.6) is 11.5 Å². The first-order valence-electron chi connectivity index (χ1n) is 9.11. The van der Waals surface area contributed by atoms with Crippen molar-refractivity contribution in [3.8, 4) is 11.5 Å². The number of hydrogen-bond donors (Lipinski definition) is 2. The Hall–Kier alpha value is -2.67. The zero-order chi connectivity index (χ0) is 20.5. The molecule has 2 rings (SSSR count). The van der Waals surface area contributed by atoms with Gasteiger partial charge in [0.15, 0.2) is 6.10 Å². The van der Waals surface area contributed by atoms with Crippen molar-refractivity contribution in [3.63, 3.8) is 0 Å². The summed E-state index contributed by atoms with van der Waals surface area (Å²) in [5.41, 5.74) is 6.02. The van der Waals surface area contributed by atoms with Gasteiger partial charge in [0, 0.05) is 4.90 Å². The SMILES string of the molecule is CCOc1ccc(O[C@H](C)C(=O)NNC(=O)[C@H](C)Sc2ccc(C)cc2)cc1. The molecular weight excluding hydrogens is 376 g/mol. The molecular formula is C21H26N2O4S. The van der Waals surface area contributed by atoms with Gasteiger partial charge < -0.3 is 9.47 Å². The maximum atomic E-state index is 12.2. The lowest BCUT2D eigenvalue weighted by Gasteiger charge is -2.17. The molecule has 0 fully saturated rings. The van der Waals surface area contributed by atoms with E-state index in [4.69, 9.17) is 9.47 Å². The average Bonchev–Trinajstić information content (AvgIpc) is 2.69. The van der Waals surface area contributed by atoms with E-state index in [9.17, 15) is 9.59 Å². The van der Waals surface area contributed by atoms with Crippen LogP contribution >= 0.6 is 11.8 Å². The molecule has 0 unspecified atom stereocenters. The van der Waals surface area contributed by atoms with Crippen LogP contribution in [0.4, 0.5) is 0 Å². The molecule has 0 aliphatic heterocycles. The van der Waals surface area contributed by atoms with Crippen LogP contribution in [-0.4, -0.2) is 29.8 Å². The highest BCUT2D eigenvalue weighted by molar-refractivity contribution is 8.00. The van der Waals surface area contributed by atoms with Crippen molar-refractivity contribution < 1.29 is 19.1 Å². The molecule has 0 aromatic heterocycles. The van der Waals surface area contributed by atoms with E-state index in [0.717, 1.165) is 16.2 Å². The van der Waals surface area contributed by atoms with Crippen LogP contribution in [0, 0.1) is 6.92 Å². The lowest BCUT2D eigenvalue weighted by atomic mass is 10.2. The molecule has 0 aliphatic carbocycles. The van der Waals surface area contributed by atoms with E-state index in [-0.39, 0.29) is 11.2 Å². The molecule has 150 valence electrons. The van der Waals surface area contributed by atoms with Crippen molar-refractivity contribution in [2.45, 2.75) is 43.9 Å². The van der Waals surface area contributed by atoms with Crippen molar-refractivity contribution in [3.05, 3.63) is 54.1 Å². The van der Waals surface area contributed by atoms with Crippen LogP contribution in [-0.2, 0) is 9.59 Å². The zero-order valence-corrected chi connectivity index (χ0v) is 17.3. The number of amides is 2. The van der Waals surface area contributed by atoms with E-state index in [1.807, 2.05) is 38.1 Å². The van der Waals surface area contributed by atoms with Crippen LogP contribution in [0.3, 0.4) is 0 Å². The molecule has 7 heteroatoms. The third kappa shape index (κ3) is 6.81. The number of ether oxygens (including phenoxy) is 2. The standard InChI is InChI=1S/C21H26N2O4S/c1-5-26-17-8-10-18(11-9-17)27-15(3)20(24)22-23-21(25)16(4)28-19-12-6-14(2)7-13-19/h6-13,15-16H,5H2,1-4H3,(H,22,24)(H,23,25)/t15-,16+/m1/s1. The lowest BCUT2D eigenvalue weighted by molar-refractivity contribution is -0.132. The Morgan fingerprint density at radius 1 is 0.929 bits per heavy atom. The van der Waals surface area contributed by atoms with Crippen LogP contribution < -0.4 is 20.3 Å². The fourth-order valence-corrected chi connectivity index (χ4v) is 3.11. The minimum Gasteiger partial charge on any atom is -0.494 e. The summed E-state index contributed by atoms with van der Waals surface area (Å²) >= 11 is 1.42. The number of rotatable bonds is 8. The Bertz CT molecular complexity index is 778. The smallest absolute Gasteiger partial charge is 0.279 e. The second-order valence-electron chi connectivity index (χ2n) is 6.22. The molecule has 0 aliphatic rings. The Kier molecular flexibility index (Phi) is 8.19. The molecule has 0 radical (unpaired) electrons. The van der Waals surface area contributed by atoms with Gasteiger partial charge in [-0.25, -0.2) is 0 Å². The maximum absolute atomic E-state index is 12.2. The normalized spacial score (nSPS) is 12.6. The van der Waals surface area contributed by atoms with Gasteiger partial charge in [-0.2, -0.15) is 0 Å². The summed E-state index contributed by atoms with van der Waals surface area (Å²) in [4.78, 5) is 25.3. The molecule has 0 heterocycles. The van der Waals surface area contributed by atoms with Gasteiger partial charge in [0.2, 0.25) is 0 Å². The third-order valence-corrected chi connectivity index (χ3v) is 4.94. The number of aryl methyl sites for hydroxylation is 1. The molecule has 2 aromatic rings. The number of carbonyl (C=O) groups is 2. The summed E-state index contributed by atoms with van der Waals surface area (Å²) in [5.74, 6) is 0.557. The summed E-state index contributed by atoms with van der Waals surface area (Å²) < 4.78 is 10.9. The molecule has 0 bridgehead atoms. The first-order chi connectivity index (χ1) is 13.4.